The lowest BCUT2D eigenvalue weighted by Gasteiger charge is -2.14. The Morgan fingerprint density at radius 3 is 3.07 bits per heavy atom. The van der Waals surface area contributed by atoms with Crippen LogP contribution < -0.4 is 16.0 Å². The standard InChI is InChI=1S/C10H19N3O2/c14-10(13-9-3-5-15-7-9)12-6-8-2-1-4-11-8/h8-9,11H,1-7H2,(H2,12,13,14). The molecule has 2 aliphatic heterocycles. The Kier molecular flexibility index (Phi) is 3.80. The predicted octanol–water partition coefficient (Wildman–Crippen LogP) is -0.173. The Bertz CT molecular complexity index is 211. The van der Waals surface area contributed by atoms with Crippen LogP contribution in [-0.4, -0.2) is 44.4 Å². The maximum atomic E-state index is 11.5. The summed E-state index contributed by atoms with van der Waals surface area (Å²) in [5, 5.41) is 9.12. The molecule has 2 fully saturated rings. The van der Waals surface area contributed by atoms with Crippen molar-refractivity contribution in [3.8, 4) is 0 Å². The van der Waals surface area contributed by atoms with Crippen molar-refractivity contribution in [3.63, 3.8) is 0 Å². The van der Waals surface area contributed by atoms with Gasteiger partial charge in [-0.2, -0.15) is 0 Å². The van der Waals surface area contributed by atoms with Gasteiger partial charge >= 0.3 is 6.03 Å². The van der Waals surface area contributed by atoms with Crippen LogP contribution in [-0.2, 0) is 4.74 Å². The van der Waals surface area contributed by atoms with Gasteiger partial charge in [0.15, 0.2) is 0 Å². The van der Waals surface area contributed by atoms with Crippen molar-refractivity contribution >= 4 is 6.03 Å². The van der Waals surface area contributed by atoms with Crippen molar-refractivity contribution in [2.24, 2.45) is 0 Å². The minimum absolute atomic E-state index is 0.0702. The molecule has 15 heavy (non-hydrogen) atoms. The van der Waals surface area contributed by atoms with Gasteiger partial charge < -0.3 is 20.7 Å². The molecule has 5 nitrogen and oxygen atoms in total. The molecule has 2 unspecified atom stereocenters. The molecular weight excluding hydrogens is 194 g/mol. The number of hydrogen-bond acceptors (Lipinski definition) is 3. The third kappa shape index (κ3) is 3.35. The van der Waals surface area contributed by atoms with E-state index < -0.39 is 0 Å². The molecule has 2 heterocycles. The third-order valence-corrected chi connectivity index (χ3v) is 2.94. The number of rotatable bonds is 3. The van der Waals surface area contributed by atoms with E-state index in [-0.39, 0.29) is 12.1 Å². The molecule has 0 radical (unpaired) electrons. The van der Waals surface area contributed by atoms with Crippen LogP contribution in [0.5, 0.6) is 0 Å². The summed E-state index contributed by atoms with van der Waals surface area (Å²) in [6, 6.07) is 0.580. The number of carbonyl (C=O) groups excluding carboxylic acids is 1. The molecule has 2 amide bonds. The fourth-order valence-electron chi connectivity index (χ4n) is 2.03. The smallest absolute Gasteiger partial charge is 0.315 e. The van der Waals surface area contributed by atoms with Gasteiger partial charge in [0.1, 0.15) is 0 Å². The highest BCUT2D eigenvalue weighted by atomic mass is 16.5. The van der Waals surface area contributed by atoms with Crippen molar-refractivity contribution in [2.75, 3.05) is 26.3 Å². The van der Waals surface area contributed by atoms with Crippen LogP contribution in [0, 0.1) is 0 Å². The summed E-state index contributed by atoms with van der Waals surface area (Å²) in [6.07, 6.45) is 3.30. The SMILES string of the molecule is O=C(NCC1CCCN1)NC1CCOC1. The van der Waals surface area contributed by atoms with Crippen LogP contribution in [0.4, 0.5) is 4.79 Å². The van der Waals surface area contributed by atoms with E-state index in [1.54, 1.807) is 0 Å². The molecule has 0 saturated carbocycles. The maximum absolute atomic E-state index is 11.5. The molecule has 2 atom stereocenters. The molecule has 3 N–H and O–H groups in total. The highest BCUT2D eigenvalue weighted by Crippen LogP contribution is 2.04. The molecule has 2 rings (SSSR count). The van der Waals surface area contributed by atoms with Crippen LogP contribution in [0.25, 0.3) is 0 Å². The summed E-state index contributed by atoms with van der Waals surface area (Å²) in [5.74, 6) is 0. The molecule has 2 saturated heterocycles. The highest BCUT2D eigenvalue weighted by Gasteiger charge is 2.19. The molecule has 0 aromatic rings. The lowest BCUT2D eigenvalue weighted by atomic mass is 10.2. The number of carbonyl (C=O) groups is 1. The van der Waals surface area contributed by atoms with E-state index in [1.807, 2.05) is 0 Å². The molecular formula is C10H19N3O2. The van der Waals surface area contributed by atoms with Crippen LogP contribution in [0.2, 0.25) is 0 Å². The van der Waals surface area contributed by atoms with Crippen molar-refractivity contribution < 1.29 is 9.53 Å². The molecule has 2 aliphatic rings. The summed E-state index contributed by atoms with van der Waals surface area (Å²) in [5.41, 5.74) is 0. The molecule has 0 aromatic heterocycles. The van der Waals surface area contributed by atoms with Gasteiger partial charge in [-0.3, -0.25) is 0 Å². The van der Waals surface area contributed by atoms with E-state index in [4.69, 9.17) is 4.74 Å². The van der Waals surface area contributed by atoms with E-state index in [9.17, 15) is 4.79 Å². The van der Waals surface area contributed by atoms with Crippen LogP contribution in [0.3, 0.4) is 0 Å². The van der Waals surface area contributed by atoms with Crippen molar-refractivity contribution in [3.05, 3.63) is 0 Å². The molecule has 86 valence electrons. The normalized spacial score (nSPS) is 30.4. The van der Waals surface area contributed by atoms with E-state index in [2.05, 4.69) is 16.0 Å². The van der Waals surface area contributed by atoms with Gasteiger partial charge in [-0.15, -0.1) is 0 Å². The van der Waals surface area contributed by atoms with E-state index in [0.29, 0.717) is 12.6 Å². The lowest BCUT2D eigenvalue weighted by Crippen LogP contribution is -2.46. The Morgan fingerprint density at radius 2 is 2.40 bits per heavy atom. The van der Waals surface area contributed by atoms with Crippen molar-refractivity contribution in [2.45, 2.75) is 31.3 Å². The molecule has 0 bridgehead atoms. The summed E-state index contributed by atoms with van der Waals surface area (Å²) in [4.78, 5) is 11.5. The van der Waals surface area contributed by atoms with E-state index in [1.165, 1.54) is 6.42 Å². The second-order valence-electron chi connectivity index (χ2n) is 4.21. The number of urea groups is 1. The Hall–Kier alpha value is -0.810. The van der Waals surface area contributed by atoms with Gasteiger partial charge in [0.2, 0.25) is 0 Å². The zero-order chi connectivity index (χ0) is 10.5. The number of ether oxygens (including phenoxy) is 1. The van der Waals surface area contributed by atoms with Gasteiger partial charge in [-0.05, 0) is 25.8 Å². The second-order valence-corrected chi connectivity index (χ2v) is 4.21. The van der Waals surface area contributed by atoms with Crippen LogP contribution >= 0.6 is 0 Å². The predicted molar refractivity (Wildman–Crippen MR) is 56.8 cm³/mol. The summed E-state index contributed by atoms with van der Waals surface area (Å²) >= 11 is 0. The Labute approximate surface area is 89.9 Å². The fraction of sp³-hybridized carbons (Fsp3) is 0.900. The fourth-order valence-corrected chi connectivity index (χ4v) is 2.03. The zero-order valence-corrected chi connectivity index (χ0v) is 8.92. The van der Waals surface area contributed by atoms with Crippen LogP contribution in [0.1, 0.15) is 19.3 Å². The van der Waals surface area contributed by atoms with Crippen LogP contribution in [0.15, 0.2) is 0 Å². The van der Waals surface area contributed by atoms with Gasteiger partial charge in [0, 0.05) is 19.2 Å². The first-order valence-electron chi connectivity index (χ1n) is 5.70. The number of amides is 2. The Balaban J connectivity index is 1.59. The quantitative estimate of drug-likeness (QED) is 0.610. The second kappa shape index (κ2) is 5.32. The Morgan fingerprint density at radius 1 is 1.47 bits per heavy atom. The van der Waals surface area contributed by atoms with Crippen molar-refractivity contribution in [1.82, 2.24) is 16.0 Å². The topological polar surface area (TPSA) is 62.4 Å². The van der Waals surface area contributed by atoms with E-state index >= 15 is 0 Å². The first kappa shape index (κ1) is 10.7. The van der Waals surface area contributed by atoms with Gasteiger partial charge in [0.25, 0.3) is 0 Å². The molecule has 5 heteroatoms. The summed E-state index contributed by atoms with van der Waals surface area (Å²) < 4.78 is 5.18. The number of nitrogens with one attached hydrogen (secondary N) is 3. The van der Waals surface area contributed by atoms with E-state index in [0.717, 1.165) is 32.5 Å². The average Bonchev–Trinajstić information content (AvgIpc) is 2.86. The zero-order valence-electron chi connectivity index (χ0n) is 8.92. The third-order valence-electron chi connectivity index (χ3n) is 2.94. The first-order valence-corrected chi connectivity index (χ1v) is 5.70. The average molecular weight is 213 g/mol. The maximum Gasteiger partial charge on any atom is 0.315 e. The largest absolute Gasteiger partial charge is 0.379 e. The van der Waals surface area contributed by atoms with Gasteiger partial charge in [0.05, 0.1) is 12.6 Å². The van der Waals surface area contributed by atoms with Gasteiger partial charge in [-0.1, -0.05) is 0 Å². The molecule has 0 spiro atoms. The molecule has 0 aliphatic carbocycles. The van der Waals surface area contributed by atoms with Crippen molar-refractivity contribution in [1.29, 1.82) is 0 Å². The monoisotopic (exact) mass is 213 g/mol. The van der Waals surface area contributed by atoms with Gasteiger partial charge in [-0.25, -0.2) is 4.79 Å². The minimum atomic E-state index is -0.0702. The molecule has 0 aromatic carbocycles. The number of hydrogen-bond donors (Lipinski definition) is 3. The highest BCUT2D eigenvalue weighted by molar-refractivity contribution is 5.74. The summed E-state index contributed by atoms with van der Waals surface area (Å²) in [6.45, 7) is 3.20. The first-order chi connectivity index (χ1) is 7.34. The lowest BCUT2D eigenvalue weighted by molar-refractivity contribution is 0.188. The summed E-state index contributed by atoms with van der Waals surface area (Å²) in [7, 11) is 0. The minimum Gasteiger partial charge on any atom is -0.379 e.